The molecule has 0 spiro atoms. The average Bonchev–Trinajstić information content (AvgIpc) is 2.82. The van der Waals surface area contributed by atoms with E-state index in [-0.39, 0.29) is 0 Å². The zero-order chi connectivity index (χ0) is 9.54. The molecule has 0 bridgehead atoms. The molecule has 0 unspecified atom stereocenters. The summed E-state index contributed by atoms with van der Waals surface area (Å²) in [5.74, 6) is 0.917. The van der Waals surface area contributed by atoms with Gasteiger partial charge in [0.15, 0.2) is 6.29 Å². The summed E-state index contributed by atoms with van der Waals surface area (Å²) >= 11 is 0. The van der Waals surface area contributed by atoms with Gasteiger partial charge in [-0.15, -0.1) is 0 Å². The van der Waals surface area contributed by atoms with Crippen LogP contribution in [0, 0.1) is 0 Å². The van der Waals surface area contributed by atoms with E-state index in [2.05, 4.69) is 4.98 Å². The molecule has 1 aliphatic rings. The van der Waals surface area contributed by atoms with E-state index in [9.17, 15) is 4.79 Å². The number of benzene rings is 1. The quantitative estimate of drug-likeness (QED) is 0.693. The molecule has 0 amide bonds. The van der Waals surface area contributed by atoms with Crippen LogP contribution in [-0.4, -0.2) is 17.9 Å². The van der Waals surface area contributed by atoms with Crippen molar-refractivity contribution in [3.05, 3.63) is 29.5 Å². The summed E-state index contributed by atoms with van der Waals surface area (Å²) < 4.78 is 5.45. The Hall–Kier alpha value is -1.77. The van der Waals surface area contributed by atoms with E-state index in [0.717, 1.165) is 47.1 Å². The number of hydrogen-bond acceptors (Lipinski definition) is 2. The first-order valence-electron chi connectivity index (χ1n) is 4.61. The van der Waals surface area contributed by atoms with Gasteiger partial charge in [0.1, 0.15) is 5.75 Å². The molecule has 0 radical (unpaired) electrons. The van der Waals surface area contributed by atoms with Crippen LogP contribution in [0.25, 0.3) is 10.9 Å². The molecule has 0 fully saturated rings. The minimum absolute atomic E-state index is 0.720. The van der Waals surface area contributed by atoms with Crippen molar-refractivity contribution < 1.29 is 9.53 Å². The number of aldehydes is 1. The Kier molecular flexibility index (Phi) is 1.42. The Bertz CT molecular complexity index is 513. The number of fused-ring (bicyclic) bond motifs is 3. The van der Waals surface area contributed by atoms with Crippen LogP contribution in [0.15, 0.2) is 18.3 Å². The molecule has 0 saturated carbocycles. The number of carbonyl (C=O) groups is 1. The topological polar surface area (TPSA) is 42.1 Å². The maximum Gasteiger partial charge on any atom is 0.152 e. The molecule has 1 aromatic heterocycles. The van der Waals surface area contributed by atoms with Crippen molar-refractivity contribution in [2.45, 2.75) is 6.42 Å². The van der Waals surface area contributed by atoms with Gasteiger partial charge in [0.2, 0.25) is 0 Å². The fraction of sp³-hybridized carbons (Fsp3) is 0.182. The summed E-state index contributed by atoms with van der Waals surface area (Å²) in [6.45, 7) is 0.720. The Morgan fingerprint density at radius 1 is 1.43 bits per heavy atom. The number of rotatable bonds is 1. The van der Waals surface area contributed by atoms with Crippen molar-refractivity contribution in [1.29, 1.82) is 0 Å². The first-order chi connectivity index (χ1) is 6.90. The molecule has 2 heterocycles. The smallest absolute Gasteiger partial charge is 0.152 e. The Labute approximate surface area is 80.7 Å². The van der Waals surface area contributed by atoms with Crippen molar-refractivity contribution in [3.63, 3.8) is 0 Å². The number of nitrogens with one attached hydrogen (secondary N) is 1. The minimum atomic E-state index is 0.720. The lowest BCUT2D eigenvalue weighted by molar-refractivity contribution is 0.112. The van der Waals surface area contributed by atoms with Crippen LogP contribution in [0.5, 0.6) is 5.75 Å². The summed E-state index contributed by atoms with van der Waals surface area (Å²) in [7, 11) is 0. The lowest BCUT2D eigenvalue weighted by atomic mass is 10.0. The molecule has 3 heteroatoms. The third-order valence-corrected chi connectivity index (χ3v) is 2.68. The second-order valence-electron chi connectivity index (χ2n) is 3.43. The lowest BCUT2D eigenvalue weighted by Crippen LogP contribution is -1.86. The second kappa shape index (κ2) is 2.61. The number of H-pyrrole nitrogens is 1. The van der Waals surface area contributed by atoms with Crippen molar-refractivity contribution in [2.24, 2.45) is 0 Å². The van der Waals surface area contributed by atoms with Gasteiger partial charge in [0.25, 0.3) is 0 Å². The standard InChI is InChI=1S/C11H9NO2/c13-6-7-5-12-9-1-2-10-8(11(7)9)3-4-14-10/h1-2,5-6,12H,3-4H2. The monoisotopic (exact) mass is 187 g/mol. The summed E-state index contributed by atoms with van der Waals surface area (Å²) in [4.78, 5) is 13.9. The molecule has 70 valence electrons. The van der Waals surface area contributed by atoms with Crippen LogP contribution >= 0.6 is 0 Å². The van der Waals surface area contributed by atoms with Crippen molar-refractivity contribution in [2.75, 3.05) is 6.61 Å². The van der Waals surface area contributed by atoms with Crippen LogP contribution < -0.4 is 4.74 Å². The lowest BCUT2D eigenvalue weighted by Gasteiger charge is -1.99. The number of aromatic nitrogens is 1. The van der Waals surface area contributed by atoms with Crippen LogP contribution in [0.4, 0.5) is 0 Å². The predicted octanol–water partition coefficient (Wildman–Crippen LogP) is 1.92. The second-order valence-corrected chi connectivity index (χ2v) is 3.43. The summed E-state index contributed by atoms with van der Waals surface area (Å²) in [6.07, 6.45) is 3.53. The van der Waals surface area contributed by atoms with Crippen LogP contribution in [0.2, 0.25) is 0 Å². The fourth-order valence-corrected chi connectivity index (χ4v) is 2.05. The number of aromatic amines is 1. The highest BCUT2D eigenvalue weighted by atomic mass is 16.5. The molecule has 14 heavy (non-hydrogen) atoms. The fourth-order valence-electron chi connectivity index (χ4n) is 2.05. The summed E-state index contributed by atoms with van der Waals surface area (Å²) in [5, 5.41) is 1.02. The van der Waals surface area contributed by atoms with Crippen molar-refractivity contribution in [1.82, 2.24) is 4.98 Å². The van der Waals surface area contributed by atoms with Gasteiger partial charge >= 0.3 is 0 Å². The number of ether oxygens (including phenoxy) is 1. The van der Waals surface area contributed by atoms with Crippen molar-refractivity contribution in [3.8, 4) is 5.75 Å². The maximum atomic E-state index is 10.8. The first-order valence-corrected chi connectivity index (χ1v) is 4.61. The van der Waals surface area contributed by atoms with Gasteiger partial charge in [-0.2, -0.15) is 0 Å². The Morgan fingerprint density at radius 3 is 3.21 bits per heavy atom. The molecule has 3 nitrogen and oxygen atoms in total. The summed E-state index contributed by atoms with van der Waals surface area (Å²) in [5.41, 5.74) is 2.89. The van der Waals surface area contributed by atoms with Crippen LogP contribution in [-0.2, 0) is 6.42 Å². The number of hydrogen-bond donors (Lipinski definition) is 1. The Balaban J connectivity index is 2.44. The summed E-state index contributed by atoms with van der Waals surface area (Å²) in [6, 6.07) is 3.90. The van der Waals surface area contributed by atoms with E-state index < -0.39 is 0 Å². The largest absolute Gasteiger partial charge is 0.493 e. The van der Waals surface area contributed by atoms with E-state index in [1.807, 2.05) is 12.1 Å². The van der Waals surface area contributed by atoms with E-state index >= 15 is 0 Å². The van der Waals surface area contributed by atoms with Crippen LogP contribution in [0.1, 0.15) is 15.9 Å². The zero-order valence-corrected chi connectivity index (χ0v) is 7.54. The molecular formula is C11H9NO2. The molecule has 0 aliphatic carbocycles. The SMILES string of the molecule is O=Cc1c[nH]c2ccc3c(c12)CCO3. The van der Waals surface area contributed by atoms with E-state index in [0.29, 0.717) is 0 Å². The van der Waals surface area contributed by atoms with Gasteiger partial charge in [-0.05, 0) is 12.1 Å². The van der Waals surface area contributed by atoms with E-state index in [1.54, 1.807) is 6.20 Å². The zero-order valence-electron chi connectivity index (χ0n) is 7.54. The molecule has 3 rings (SSSR count). The van der Waals surface area contributed by atoms with Gasteiger partial charge in [-0.3, -0.25) is 4.79 Å². The molecule has 1 N–H and O–H groups in total. The molecule has 0 atom stereocenters. The van der Waals surface area contributed by atoms with Gasteiger partial charge in [0, 0.05) is 34.6 Å². The van der Waals surface area contributed by atoms with Gasteiger partial charge in [-0.25, -0.2) is 0 Å². The highest BCUT2D eigenvalue weighted by molar-refractivity contribution is 6.00. The van der Waals surface area contributed by atoms with Gasteiger partial charge < -0.3 is 9.72 Å². The predicted molar refractivity (Wildman–Crippen MR) is 52.9 cm³/mol. The molecular weight excluding hydrogens is 178 g/mol. The Morgan fingerprint density at radius 2 is 2.36 bits per heavy atom. The minimum Gasteiger partial charge on any atom is -0.493 e. The third-order valence-electron chi connectivity index (χ3n) is 2.68. The molecule has 1 aromatic carbocycles. The molecule has 0 saturated heterocycles. The normalized spacial score (nSPS) is 14.0. The highest BCUT2D eigenvalue weighted by Gasteiger charge is 2.17. The highest BCUT2D eigenvalue weighted by Crippen LogP contribution is 2.33. The maximum absolute atomic E-state index is 10.8. The first kappa shape index (κ1) is 7.62. The average molecular weight is 187 g/mol. The van der Waals surface area contributed by atoms with Crippen LogP contribution in [0.3, 0.4) is 0 Å². The third kappa shape index (κ3) is 0.839. The van der Waals surface area contributed by atoms with E-state index in [4.69, 9.17) is 4.74 Å². The number of carbonyl (C=O) groups excluding carboxylic acids is 1. The van der Waals surface area contributed by atoms with Gasteiger partial charge in [-0.1, -0.05) is 0 Å². The van der Waals surface area contributed by atoms with Gasteiger partial charge in [0.05, 0.1) is 6.61 Å². The van der Waals surface area contributed by atoms with E-state index in [1.165, 1.54) is 0 Å². The molecule has 1 aliphatic heterocycles. The molecule has 2 aromatic rings. The van der Waals surface area contributed by atoms with Crippen molar-refractivity contribution >= 4 is 17.2 Å².